The molecule has 2 nitrogen and oxygen atoms in total. The normalized spacial score (nSPS) is 11.7. The lowest BCUT2D eigenvalue weighted by atomic mass is 10.0. The number of hydrogen-bond acceptors (Lipinski definition) is 1. The van der Waals surface area contributed by atoms with E-state index in [0.717, 1.165) is 24.2 Å². The second-order valence-electron chi connectivity index (χ2n) is 12.5. The average Bonchev–Trinajstić information content (AvgIpc) is 2.86. The second kappa shape index (κ2) is 32.6. The molecule has 37 heavy (non-hydrogen) atoms. The van der Waals surface area contributed by atoms with Gasteiger partial charge in [0.25, 0.3) is 0 Å². The highest BCUT2D eigenvalue weighted by atomic mass is 79.9. The van der Waals surface area contributed by atoms with Crippen LogP contribution in [-0.4, -0.2) is 44.9 Å². The Balaban J connectivity index is 0. The number of ether oxygens (including phenoxy) is 1. The predicted molar refractivity (Wildman–Crippen MR) is 164 cm³/mol. The third kappa shape index (κ3) is 34.4. The molecule has 0 aliphatic rings. The van der Waals surface area contributed by atoms with Gasteiger partial charge in [-0.15, -0.1) is 0 Å². The van der Waals surface area contributed by atoms with Gasteiger partial charge in [0.1, 0.15) is 6.54 Å². The lowest BCUT2D eigenvalue weighted by Gasteiger charge is -2.29. The number of likely N-dealkylation sites (N-methyl/N-ethyl adjacent to an activating group) is 1. The summed E-state index contributed by atoms with van der Waals surface area (Å²) >= 11 is 0. The van der Waals surface area contributed by atoms with Crippen molar-refractivity contribution >= 4 is 0 Å². The monoisotopic (exact) mass is 589 g/mol. The molecular weight excluding hydrogens is 518 g/mol. The third-order valence-corrected chi connectivity index (χ3v) is 8.10. The Bertz CT molecular complexity index is 401. The third-order valence-electron chi connectivity index (χ3n) is 8.10. The number of nitrogens with zero attached hydrogens (tertiary/aromatic N) is 1. The number of unbranched alkanes of at least 4 members (excludes halogenated alkanes) is 24. The van der Waals surface area contributed by atoms with E-state index < -0.39 is 0 Å². The van der Waals surface area contributed by atoms with Gasteiger partial charge in [0, 0.05) is 6.61 Å². The zero-order valence-electron chi connectivity index (χ0n) is 26.4. The molecule has 0 bridgehead atoms. The van der Waals surface area contributed by atoms with Crippen molar-refractivity contribution in [3.05, 3.63) is 0 Å². The average molecular weight is 591 g/mol. The van der Waals surface area contributed by atoms with Crippen molar-refractivity contribution in [2.24, 2.45) is 0 Å². The minimum atomic E-state index is 0. The van der Waals surface area contributed by atoms with Gasteiger partial charge < -0.3 is 26.2 Å². The van der Waals surface area contributed by atoms with E-state index in [2.05, 4.69) is 27.9 Å². The molecule has 0 aliphatic carbocycles. The van der Waals surface area contributed by atoms with Crippen molar-refractivity contribution in [2.75, 3.05) is 40.4 Å². The highest BCUT2D eigenvalue weighted by Gasteiger charge is 2.13. The molecule has 0 aromatic heterocycles. The Kier molecular flexibility index (Phi) is 34.9. The first kappa shape index (κ1) is 39.5. The summed E-state index contributed by atoms with van der Waals surface area (Å²) in [6, 6.07) is 0. The van der Waals surface area contributed by atoms with Gasteiger partial charge in [0.2, 0.25) is 0 Å². The van der Waals surface area contributed by atoms with Crippen LogP contribution in [-0.2, 0) is 4.74 Å². The molecule has 0 fully saturated rings. The van der Waals surface area contributed by atoms with Gasteiger partial charge in [0.05, 0.1) is 27.2 Å². The molecule has 0 spiro atoms. The summed E-state index contributed by atoms with van der Waals surface area (Å²) in [5.41, 5.74) is 0. The predicted octanol–water partition coefficient (Wildman–Crippen LogP) is 8.27. The lowest BCUT2D eigenvalue weighted by molar-refractivity contribution is -0.891. The molecule has 0 saturated carbocycles. The Morgan fingerprint density at radius 2 is 0.649 bits per heavy atom. The van der Waals surface area contributed by atoms with Crippen molar-refractivity contribution < 1.29 is 26.2 Å². The minimum Gasteiger partial charge on any atom is -1.00 e. The largest absolute Gasteiger partial charge is 1.00 e. The van der Waals surface area contributed by atoms with Crippen LogP contribution in [0.3, 0.4) is 0 Å². The van der Waals surface area contributed by atoms with E-state index in [1.54, 1.807) is 0 Å². The summed E-state index contributed by atoms with van der Waals surface area (Å²) in [5.74, 6) is 0. The summed E-state index contributed by atoms with van der Waals surface area (Å²) in [6.45, 7) is 8.97. The van der Waals surface area contributed by atoms with Gasteiger partial charge in [-0.05, 0) is 19.3 Å². The number of halogens is 1. The van der Waals surface area contributed by atoms with Crippen LogP contribution >= 0.6 is 0 Å². The van der Waals surface area contributed by atoms with Gasteiger partial charge in [-0.1, -0.05) is 162 Å². The first-order chi connectivity index (χ1) is 17.6. The lowest BCUT2D eigenvalue weighted by Crippen LogP contribution is -3.00. The van der Waals surface area contributed by atoms with Gasteiger partial charge in [-0.2, -0.15) is 0 Å². The van der Waals surface area contributed by atoms with E-state index in [4.69, 9.17) is 4.74 Å². The van der Waals surface area contributed by atoms with Crippen molar-refractivity contribution in [1.29, 1.82) is 0 Å². The second-order valence-corrected chi connectivity index (χ2v) is 12.5. The summed E-state index contributed by atoms with van der Waals surface area (Å²) in [4.78, 5) is 0. The maximum atomic E-state index is 5.96. The SMILES string of the molecule is CCCCCCCCCCCCCCCCCC[N+](C)(C)CCOCCCCCCCCCCCC.[Br-]. The molecule has 0 aromatic carbocycles. The number of rotatable bonds is 31. The van der Waals surface area contributed by atoms with Gasteiger partial charge in [-0.25, -0.2) is 0 Å². The Morgan fingerprint density at radius 3 is 1.00 bits per heavy atom. The van der Waals surface area contributed by atoms with Crippen LogP contribution < -0.4 is 17.0 Å². The summed E-state index contributed by atoms with van der Waals surface area (Å²) < 4.78 is 7.08. The van der Waals surface area contributed by atoms with Crippen LogP contribution in [0.15, 0.2) is 0 Å². The topological polar surface area (TPSA) is 9.23 Å². The zero-order valence-corrected chi connectivity index (χ0v) is 28.0. The molecule has 0 atom stereocenters. The molecule has 0 aliphatic heterocycles. The van der Waals surface area contributed by atoms with Crippen LogP contribution in [0.4, 0.5) is 0 Å². The fraction of sp³-hybridized carbons (Fsp3) is 1.00. The first-order valence-corrected chi connectivity index (χ1v) is 17.0. The van der Waals surface area contributed by atoms with E-state index >= 15 is 0 Å². The van der Waals surface area contributed by atoms with Crippen LogP contribution in [0.2, 0.25) is 0 Å². The van der Waals surface area contributed by atoms with Crippen LogP contribution in [0, 0.1) is 0 Å². The number of hydrogen-bond donors (Lipinski definition) is 0. The van der Waals surface area contributed by atoms with E-state index in [1.807, 2.05) is 0 Å². The van der Waals surface area contributed by atoms with E-state index in [-0.39, 0.29) is 17.0 Å². The van der Waals surface area contributed by atoms with Crippen molar-refractivity contribution in [2.45, 2.75) is 181 Å². The summed E-state index contributed by atoms with van der Waals surface area (Å²) in [6.07, 6.45) is 37.2. The molecule has 0 rings (SSSR count). The van der Waals surface area contributed by atoms with Crippen LogP contribution in [0.25, 0.3) is 0 Å². The van der Waals surface area contributed by atoms with Gasteiger partial charge in [-0.3, -0.25) is 0 Å². The van der Waals surface area contributed by atoms with Crippen molar-refractivity contribution in [3.63, 3.8) is 0 Å². The van der Waals surface area contributed by atoms with Crippen LogP contribution in [0.1, 0.15) is 181 Å². The molecule has 0 heterocycles. The maximum Gasteiger partial charge on any atom is 0.102 e. The van der Waals surface area contributed by atoms with Crippen molar-refractivity contribution in [3.8, 4) is 0 Å². The van der Waals surface area contributed by atoms with E-state index in [1.165, 1.54) is 173 Å². The molecule has 0 saturated heterocycles. The quantitative estimate of drug-likeness (QED) is 0.0583. The van der Waals surface area contributed by atoms with Crippen molar-refractivity contribution in [1.82, 2.24) is 0 Å². The Labute approximate surface area is 246 Å². The molecule has 0 radical (unpaired) electrons. The molecule has 0 unspecified atom stereocenters. The Morgan fingerprint density at radius 1 is 0.351 bits per heavy atom. The van der Waals surface area contributed by atoms with E-state index in [0.29, 0.717) is 0 Å². The molecule has 0 N–H and O–H groups in total. The van der Waals surface area contributed by atoms with E-state index in [9.17, 15) is 0 Å². The summed E-state index contributed by atoms with van der Waals surface area (Å²) in [7, 11) is 4.77. The maximum absolute atomic E-state index is 5.96. The smallest absolute Gasteiger partial charge is 0.102 e. The zero-order chi connectivity index (χ0) is 26.4. The minimum absolute atomic E-state index is 0. The highest BCUT2D eigenvalue weighted by molar-refractivity contribution is 4.51. The fourth-order valence-electron chi connectivity index (χ4n) is 5.31. The fourth-order valence-corrected chi connectivity index (χ4v) is 5.31. The molecule has 0 aromatic rings. The summed E-state index contributed by atoms with van der Waals surface area (Å²) in [5, 5.41) is 0. The molecular formula is C34H72BrNO. The standard InChI is InChI=1S/C34H72NO.BrH/c1-5-7-9-11-13-15-17-18-19-20-21-22-23-25-27-29-31-35(3,4)32-34-36-33-30-28-26-24-16-14-12-10-8-6-2;/h5-34H2,1-4H3;1H/q+1;/p-1. The first-order valence-electron chi connectivity index (χ1n) is 17.0. The van der Waals surface area contributed by atoms with Gasteiger partial charge in [0.15, 0.2) is 0 Å². The Hall–Kier alpha value is 0.400. The van der Waals surface area contributed by atoms with Crippen LogP contribution in [0.5, 0.6) is 0 Å². The van der Waals surface area contributed by atoms with Gasteiger partial charge >= 0.3 is 0 Å². The number of quaternary nitrogens is 1. The highest BCUT2D eigenvalue weighted by Crippen LogP contribution is 2.14. The molecule has 0 amide bonds. The molecule has 226 valence electrons. The molecule has 3 heteroatoms.